The fourth-order valence-corrected chi connectivity index (χ4v) is 2.71. The zero-order valence-corrected chi connectivity index (χ0v) is 14.5. The van der Waals surface area contributed by atoms with Gasteiger partial charge in [0.1, 0.15) is 5.75 Å². The lowest BCUT2D eigenvalue weighted by Crippen LogP contribution is -2.35. The second-order valence-corrected chi connectivity index (χ2v) is 5.79. The Morgan fingerprint density at radius 1 is 1.13 bits per heavy atom. The van der Waals surface area contributed by atoms with E-state index in [4.69, 9.17) is 33.0 Å². The molecule has 0 bridgehead atoms. The summed E-state index contributed by atoms with van der Waals surface area (Å²) in [4.78, 5) is 25.1. The predicted octanol–water partition coefficient (Wildman–Crippen LogP) is 2.95. The Morgan fingerprint density at radius 3 is 2.13 bits per heavy atom. The average molecular weight is 362 g/mol. The smallest absolute Gasteiger partial charge is 0.303 e. The summed E-state index contributed by atoms with van der Waals surface area (Å²) >= 11 is 11.4. The molecule has 1 unspecified atom stereocenters. The topological polar surface area (TPSA) is 66.8 Å². The molecule has 0 aliphatic heterocycles. The molecular weight excluding hydrogens is 341 g/mol. The Bertz CT molecular complexity index is 501. The van der Waals surface area contributed by atoms with Gasteiger partial charge < -0.3 is 14.7 Å². The highest BCUT2D eigenvalue weighted by molar-refractivity contribution is 6.18. The molecule has 1 aromatic carbocycles. The van der Waals surface area contributed by atoms with Gasteiger partial charge in [0, 0.05) is 37.2 Å². The number of hydrogen-bond acceptors (Lipinski definition) is 3. The second kappa shape index (κ2) is 10.3. The summed E-state index contributed by atoms with van der Waals surface area (Å²) in [6.45, 7) is 0.797. The Kier molecular flexibility index (Phi) is 8.81. The van der Waals surface area contributed by atoms with Crippen LogP contribution >= 0.6 is 23.2 Å². The van der Waals surface area contributed by atoms with Gasteiger partial charge in [0.05, 0.1) is 13.5 Å². The summed E-state index contributed by atoms with van der Waals surface area (Å²) in [5, 5.41) is 9.11. The van der Waals surface area contributed by atoms with Crippen molar-refractivity contribution in [3.05, 3.63) is 29.8 Å². The number of hydrogen-bond donors (Lipinski definition) is 1. The lowest BCUT2D eigenvalue weighted by molar-refractivity contribution is -0.137. The van der Waals surface area contributed by atoms with Gasteiger partial charge in [0.25, 0.3) is 0 Å². The summed E-state index contributed by atoms with van der Waals surface area (Å²) in [6.07, 6.45) is -0.0138. The van der Waals surface area contributed by atoms with Crippen LogP contribution < -0.4 is 4.74 Å². The maximum absolute atomic E-state index is 12.4. The normalized spacial score (nSPS) is 11.8. The molecule has 1 aromatic rings. The lowest BCUT2D eigenvalue weighted by Gasteiger charge is -2.23. The van der Waals surface area contributed by atoms with Crippen LogP contribution in [0.2, 0.25) is 0 Å². The highest BCUT2D eigenvalue weighted by Gasteiger charge is 2.22. The van der Waals surface area contributed by atoms with E-state index in [9.17, 15) is 9.59 Å². The van der Waals surface area contributed by atoms with Crippen molar-refractivity contribution >= 4 is 35.1 Å². The summed E-state index contributed by atoms with van der Waals surface area (Å²) in [6, 6.07) is 7.08. The zero-order valence-electron chi connectivity index (χ0n) is 13.0. The molecule has 5 nitrogen and oxygen atoms in total. The van der Waals surface area contributed by atoms with Gasteiger partial charge in [-0.3, -0.25) is 9.59 Å². The van der Waals surface area contributed by atoms with E-state index < -0.39 is 11.9 Å². The Morgan fingerprint density at radius 2 is 1.70 bits per heavy atom. The third-order valence-corrected chi connectivity index (χ3v) is 3.83. The minimum Gasteiger partial charge on any atom is -0.497 e. The fraction of sp³-hybridized carbons (Fsp3) is 0.500. The van der Waals surface area contributed by atoms with Crippen LogP contribution in [-0.4, -0.2) is 53.8 Å². The minimum atomic E-state index is -0.945. The molecule has 1 rings (SSSR count). The lowest BCUT2D eigenvalue weighted by atomic mass is 9.92. The highest BCUT2D eigenvalue weighted by Crippen LogP contribution is 2.26. The van der Waals surface area contributed by atoms with Gasteiger partial charge in [-0.05, 0) is 17.7 Å². The third kappa shape index (κ3) is 6.67. The van der Waals surface area contributed by atoms with Crippen LogP contribution in [0.4, 0.5) is 0 Å². The molecule has 0 saturated heterocycles. The fourth-order valence-electron chi connectivity index (χ4n) is 2.30. The molecule has 0 saturated carbocycles. The number of carboxylic acids is 1. The van der Waals surface area contributed by atoms with Crippen LogP contribution in [0, 0.1) is 0 Å². The van der Waals surface area contributed by atoms with Crippen LogP contribution in [-0.2, 0) is 9.59 Å². The monoisotopic (exact) mass is 361 g/mol. The van der Waals surface area contributed by atoms with Gasteiger partial charge in [-0.25, -0.2) is 0 Å². The van der Waals surface area contributed by atoms with Gasteiger partial charge in [0.15, 0.2) is 0 Å². The number of ether oxygens (including phenoxy) is 1. The van der Waals surface area contributed by atoms with Crippen molar-refractivity contribution in [3.8, 4) is 5.75 Å². The molecule has 0 aliphatic rings. The number of methoxy groups -OCH3 is 1. The van der Waals surface area contributed by atoms with Crippen LogP contribution in [0.3, 0.4) is 0 Å². The van der Waals surface area contributed by atoms with Gasteiger partial charge in [-0.2, -0.15) is 0 Å². The van der Waals surface area contributed by atoms with Gasteiger partial charge in [-0.15, -0.1) is 23.2 Å². The number of rotatable bonds is 10. The molecule has 0 spiro atoms. The number of halogens is 2. The van der Waals surface area contributed by atoms with E-state index in [-0.39, 0.29) is 18.7 Å². The van der Waals surface area contributed by atoms with E-state index in [0.29, 0.717) is 30.6 Å². The number of benzene rings is 1. The molecule has 1 N–H and O–H groups in total. The molecule has 1 atom stereocenters. The van der Waals surface area contributed by atoms with Crippen LogP contribution in [0.1, 0.15) is 24.3 Å². The van der Waals surface area contributed by atoms with E-state index in [1.54, 1.807) is 36.3 Å². The van der Waals surface area contributed by atoms with Crippen molar-refractivity contribution in [1.29, 1.82) is 0 Å². The molecule has 23 heavy (non-hydrogen) atoms. The van der Waals surface area contributed by atoms with E-state index in [1.165, 1.54) is 0 Å². The standard InChI is InChI=1S/C16H21Cl2NO4/c1-23-14-4-2-12(3-5-14)13(11-16(21)22)10-15(20)19(8-6-17)9-7-18/h2-5,13H,6-11H2,1H3,(H,21,22). The van der Waals surface area contributed by atoms with E-state index >= 15 is 0 Å². The SMILES string of the molecule is COc1ccc(C(CC(=O)O)CC(=O)N(CCCl)CCCl)cc1. The molecule has 0 heterocycles. The van der Waals surface area contributed by atoms with Gasteiger partial charge >= 0.3 is 5.97 Å². The Balaban J connectivity index is 2.87. The molecule has 7 heteroatoms. The first-order valence-corrected chi connectivity index (χ1v) is 8.34. The summed E-state index contributed by atoms with van der Waals surface area (Å²) < 4.78 is 5.09. The summed E-state index contributed by atoms with van der Waals surface area (Å²) in [5.74, 6) is -0.184. The summed E-state index contributed by atoms with van der Waals surface area (Å²) in [5.41, 5.74) is 0.790. The van der Waals surface area contributed by atoms with Crippen molar-refractivity contribution in [1.82, 2.24) is 4.90 Å². The number of nitrogens with zero attached hydrogens (tertiary/aromatic N) is 1. The largest absolute Gasteiger partial charge is 0.497 e. The van der Waals surface area contributed by atoms with Crippen LogP contribution in [0.25, 0.3) is 0 Å². The molecule has 0 radical (unpaired) electrons. The second-order valence-electron chi connectivity index (χ2n) is 5.03. The van der Waals surface area contributed by atoms with Crippen molar-refractivity contribution in [3.63, 3.8) is 0 Å². The number of carbonyl (C=O) groups is 2. The predicted molar refractivity (Wildman–Crippen MR) is 90.6 cm³/mol. The summed E-state index contributed by atoms with van der Waals surface area (Å²) in [7, 11) is 1.56. The highest BCUT2D eigenvalue weighted by atomic mass is 35.5. The van der Waals surface area contributed by atoms with Crippen molar-refractivity contribution in [2.24, 2.45) is 0 Å². The number of amides is 1. The number of carboxylic acid groups (broad SMARTS) is 1. The molecule has 128 valence electrons. The third-order valence-electron chi connectivity index (χ3n) is 3.49. The van der Waals surface area contributed by atoms with Gasteiger partial charge in [-0.1, -0.05) is 12.1 Å². The number of alkyl halides is 2. The van der Waals surface area contributed by atoms with Gasteiger partial charge in [0.2, 0.25) is 5.91 Å². The first kappa shape index (κ1) is 19.6. The van der Waals surface area contributed by atoms with Crippen molar-refractivity contribution in [2.75, 3.05) is 32.0 Å². The number of aliphatic carboxylic acids is 1. The van der Waals surface area contributed by atoms with Crippen LogP contribution in [0.5, 0.6) is 5.75 Å². The van der Waals surface area contributed by atoms with E-state index in [1.807, 2.05) is 0 Å². The minimum absolute atomic E-state index is 0.104. The molecule has 0 aliphatic carbocycles. The first-order chi connectivity index (χ1) is 11.0. The number of carbonyl (C=O) groups excluding carboxylic acids is 1. The van der Waals surface area contributed by atoms with Crippen molar-refractivity contribution in [2.45, 2.75) is 18.8 Å². The molecule has 0 fully saturated rings. The maximum Gasteiger partial charge on any atom is 0.303 e. The average Bonchev–Trinajstić information content (AvgIpc) is 2.53. The van der Waals surface area contributed by atoms with E-state index in [0.717, 1.165) is 5.56 Å². The van der Waals surface area contributed by atoms with Crippen molar-refractivity contribution < 1.29 is 19.4 Å². The zero-order chi connectivity index (χ0) is 17.2. The molecule has 0 aromatic heterocycles. The molecule has 1 amide bonds. The Hall–Kier alpha value is -1.46. The Labute approximate surface area is 146 Å². The molecular formula is C16H21Cl2NO4. The first-order valence-electron chi connectivity index (χ1n) is 7.27. The van der Waals surface area contributed by atoms with Crippen LogP contribution in [0.15, 0.2) is 24.3 Å². The maximum atomic E-state index is 12.4. The van der Waals surface area contributed by atoms with E-state index in [2.05, 4.69) is 0 Å². The quantitative estimate of drug-likeness (QED) is 0.650.